The second-order valence-electron chi connectivity index (χ2n) is 6.52. The monoisotopic (exact) mass is 350 g/mol. The van der Waals surface area contributed by atoms with Gasteiger partial charge >= 0.3 is 6.03 Å². The van der Waals surface area contributed by atoms with E-state index in [0.717, 1.165) is 11.3 Å². The van der Waals surface area contributed by atoms with Crippen molar-refractivity contribution in [3.05, 3.63) is 29.8 Å². The van der Waals surface area contributed by atoms with Gasteiger partial charge in [0.25, 0.3) is 0 Å². The van der Waals surface area contributed by atoms with Crippen LogP contribution < -0.4 is 5.32 Å². The number of alkyl halides is 1. The molecule has 0 bridgehead atoms. The molecule has 0 aromatic carbocycles. The van der Waals surface area contributed by atoms with E-state index in [0.29, 0.717) is 31.9 Å². The van der Waals surface area contributed by atoms with Gasteiger partial charge in [-0.3, -0.25) is 14.9 Å². The first-order valence-electron chi connectivity index (χ1n) is 8.22. The molecule has 1 fully saturated rings. The van der Waals surface area contributed by atoms with E-state index in [1.807, 2.05) is 13.1 Å². The Kier molecular flexibility index (Phi) is 5.03. The third-order valence-electron chi connectivity index (χ3n) is 4.57. The molecule has 2 aromatic heterocycles. The van der Waals surface area contributed by atoms with E-state index in [2.05, 4.69) is 20.5 Å². The maximum absolute atomic E-state index is 14.0. The van der Waals surface area contributed by atoms with Gasteiger partial charge in [-0.25, -0.2) is 9.18 Å². The van der Waals surface area contributed by atoms with Gasteiger partial charge in [0.15, 0.2) is 5.82 Å². The first kappa shape index (κ1) is 17.4. The minimum Gasteiger partial charge on any atom is -0.362 e. The predicted octanol–water partition coefficient (Wildman–Crippen LogP) is 1.79. The van der Waals surface area contributed by atoms with Crippen molar-refractivity contribution in [1.29, 1.82) is 0 Å². The lowest BCUT2D eigenvalue weighted by atomic mass is 10.2. The molecule has 25 heavy (non-hydrogen) atoms. The number of carbonyl (C=O) groups excluding carboxylic acids is 1. The fourth-order valence-corrected chi connectivity index (χ4v) is 3.07. The number of hydrogen-bond acceptors (Lipinski definition) is 5. The smallest absolute Gasteiger partial charge is 0.322 e. The number of rotatable bonds is 5. The highest BCUT2D eigenvalue weighted by atomic mass is 19.1. The average Bonchev–Trinajstić information content (AvgIpc) is 3.23. The molecular formula is C16H23FN6O2. The van der Waals surface area contributed by atoms with E-state index < -0.39 is 6.17 Å². The predicted molar refractivity (Wildman–Crippen MR) is 89.8 cm³/mol. The number of halogens is 1. The Balaban J connectivity index is 1.60. The third-order valence-corrected chi connectivity index (χ3v) is 4.57. The number of aryl methyl sites for hydroxylation is 2. The SMILES string of the molecule is Cc1conc1NC(=O)N(C)C[C@@H]1C[C@H](F)CN1Cc1ccnn1C. The van der Waals surface area contributed by atoms with Gasteiger partial charge in [0.2, 0.25) is 0 Å². The number of amides is 2. The van der Waals surface area contributed by atoms with Crippen LogP contribution >= 0.6 is 0 Å². The van der Waals surface area contributed by atoms with Gasteiger partial charge in [-0.15, -0.1) is 0 Å². The van der Waals surface area contributed by atoms with Crippen molar-refractivity contribution in [2.75, 3.05) is 25.5 Å². The van der Waals surface area contributed by atoms with E-state index >= 15 is 0 Å². The van der Waals surface area contributed by atoms with Crippen LogP contribution in [0.3, 0.4) is 0 Å². The van der Waals surface area contributed by atoms with Crippen LogP contribution in [0, 0.1) is 6.92 Å². The molecule has 0 unspecified atom stereocenters. The fraction of sp³-hybridized carbons (Fsp3) is 0.562. The molecule has 0 aliphatic carbocycles. The van der Waals surface area contributed by atoms with Gasteiger partial charge in [-0.1, -0.05) is 5.16 Å². The molecule has 2 aromatic rings. The molecule has 3 rings (SSSR count). The minimum atomic E-state index is -0.882. The molecule has 9 heteroatoms. The van der Waals surface area contributed by atoms with Crippen LogP contribution in [-0.2, 0) is 13.6 Å². The van der Waals surface area contributed by atoms with Crippen LogP contribution in [0.25, 0.3) is 0 Å². The summed E-state index contributed by atoms with van der Waals surface area (Å²) in [6.07, 6.45) is 2.73. The van der Waals surface area contributed by atoms with Crippen LogP contribution in [-0.4, -0.2) is 63.1 Å². The summed E-state index contributed by atoms with van der Waals surface area (Å²) in [6, 6.07) is 1.59. The van der Waals surface area contributed by atoms with Crippen LogP contribution in [0.15, 0.2) is 23.0 Å². The molecule has 1 aliphatic heterocycles. The molecule has 0 saturated carbocycles. The Hall–Kier alpha value is -2.42. The number of carbonyl (C=O) groups is 1. The Bertz CT molecular complexity index is 730. The summed E-state index contributed by atoms with van der Waals surface area (Å²) in [4.78, 5) is 15.9. The van der Waals surface area contributed by atoms with Gasteiger partial charge in [-0.05, 0) is 19.4 Å². The van der Waals surface area contributed by atoms with Crippen molar-refractivity contribution >= 4 is 11.8 Å². The van der Waals surface area contributed by atoms with Crippen LogP contribution in [0.1, 0.15) is 17.7 Å². The van der Waals surface area contributed by atoms with Crippen molar-refractivity contribution in [1.82, 2.24) is 24.7 Å². The molecule has 136 valence electrons. The molecule has 8 nitrogen and oxygen atoms in total. The van der Waals surface area contributed by atoms with Crippen LogP contribution in [0.4, 0.5) is 15.0 Å². The lowest BCUT2D eigenvalue weighted by molar-refractivity contribution is 0.180. The second kappa shape index (κ2) is 7.22. The van der Waals surface area contributed by atoms with Gasteiger partial charge < -0.3 is 9.42 Å². The molecule has 1 saturated heterocycles. The van der Waals surface area contributed by atoms with Crippen molar-refractivity contribution < 1.29 is 13.7 Å². The zero-order valence-corrected chi connectivity index (χ0v) is 14.6. The Labute approximate surface area is 145 Å². The maximum atomic E-state index is 14.0. The molecule has 3 heterocycles. The molecule has 0 spiro atoms. The molecule has 2 atom stereocenters. The second-order valence-corrected chi connectivity index (χ2v) is 6.52. The number of nitrogens with one attached hydrogen (secondary N) is 1. The Morgan fingerprint density at radius 2 is 2.36 bits per heavy atom. The molecular weight excluding hydrogens is 327 g/mol. The van der Waals surface area contributed by atoms with Crippen molar-refractivity contribution in [2.45, 2.75) is 32.1 Å². The zero-order chi connectivity index (χ0) is 18.0. The molecule has 0 radical (unpaired) electrons. The van der Waals surface area contributed by atoms with E-state index in [-0.39, 0.29) is 12.1 Å². The summed E-state index contributed by atoms with van der Waals surface area (Å²) in [5.41, 5.74) is 1.77. The maximum Gasteiger partial charge on any atom is 0.322 e. The summed E-state index contributed by atoms with van der Waals surface area (Å²) in [5.74, 6) is 0.401. The number of hydrogen-bond donors (Lipinski definition) is 1. The summed E-state index contributed by atoms with van der Waals surface area (Å²) in [7, 11) is 3.56. The molecule has 2 amide bonds. The van der Waals surface area contributed by atoms with Gasteiger partial charge in [0, 0.05) is 51.5 Å². The van der Waals surface area contributed by atoms with Crippen molar-refractivity contribution in [3.8, 4) is 0 Å². The van der Waals surface area contributed by atoms with Crippen molar-refractivity contribution in [3.63, 3.8) is 0 Å². The molecule has 1 N–H and O–H groups in total. The fourth-order valence-electron chi connectivity index (χ4n) is 3.07. The number of likely N-dealkylation sites (tertiary alicyclic amines) is 1. The quantitative estimate of drug-likeness (QED) is 0.889. The number of urea groups is 1. The van der Waals surface area contributed by atoms with E-state index in [4.69, 9.17) is 4.52 Å². The zero-order valence-electron chi connectivity index (χ0n) is 14.6. The minimum absolute atomic E-state index is 0.0425. The summed E-state index contributed by atoms with van der Waals surface area (Å²) >= 11 is 0. The lowest BCUT2D eigenvalue weighted by Crippen LogP contribution is -2.42. The third kappa shape index (κ3) is 3.98. The topological polar surface area (TPSA) is 79.4 Å². The number of likely N-dealkylation sites (N-methyl/N-ethyl adjacent to an activating group) is 1. The first-order valence-corrected chi connectivity index (χ1v) is 8.22. The largest absolute Gasteiger partial charge is 0.362 e. The van der Waals surface area contributed by atoms with Crippen LogP contribution in [0.5, 0.6) is 0 Å². The standard InChI is InChI=1S/C16H23FN6O2/c1-11-10-25-20-15(11)19-16(24)21(2)8-14-6-12(17)7-23(14)9-13-4-5-18-22(13)3/h4-5,10,12,14H,6-9H2,1-3H3,(H,19,20,24)/t12-,14-/m0/s1. The Morgan fingerprint density at radius 1 is 1.56 bits per heavy atom. The first-order chi connectivity index (χ1) is 11.9. The van der Waals surface area contributed by atoms with Gasteiger partial charge in [0.05, 0.1) is 5.69 Å². The van der Waals surface area contributed by atoms with E-state index in [9.17, 15) is 9.18 Å². The number of nitrogens with zero attached hydrogens (tertiary/aromatic N) is 5. The number of anilines is 1. The normalized spacial score (nSPS) is 20.8. The van der Waals surface area contributed by atoms with Crippen molar-refractivity contribution in [2.24, 2.45) is 7.05 Å². The van der Waals surface area contributed by atoms with E-state index in [1.165, 1.54) is 6.26 Å². The highest BCUT2D eigenvalue weighted by molar-refractivity contribution is 5.88. The highest BCUT2D eigenvalue weighted by Gasteiger charge is 2.34. The summed E-state index contributed by atoms with van der Waals surface area (Å²) in [5, 5.41) is 10.6. The number of aromatic nitrogens is 3. The Morgan fingerprint density at radius 3 is 3.00 bits per heavy atom. The lowest BCUT2D eigenvalue weighted by Gasteiger charge is -2.28. The van der Waals surface area contributed by atoms with Gasteiger partial charge in [0.1, 0.15) is 12.4 Å². The van der Waals surface area contributed by atoms with Crippen LogP contribution in [0.2, 0.25) is 0 Å². The molecule has 1 aliphatic rings. The van der Waals surface area contributed by atoms with E-state index in [1.54, 1.807) is 29.7 Å². The highest BCUT2D eigenvalue weighted by Crippen LogP contribution is 2.23. The summed E-state index contributed by atoms with van der Waals surface area (Å²) < 4.78 is 20.6. The average molecular weight is 350 g/mol. The summed E-state index contributed by atoms with van der Waals surface area (Å²) in [6.45, 7) is 3.21. The van der Waals surface area contributed by atoms with Gasteiger partial charge in [-0.2, -0.15) is 5.10 Å².